The molecule has 1 aliphatic rings. The summed E-state index contributed by atoms with van der Waals surface area (Å²) in [4.78, 5) is 36.8. The number of carbonyl (C=O) groups excluding carboxylic acids is 3. The molecule has 2 aromatic rings. The number of esters is 2. The highest BCUT2D eigenvalue weighted by atomic mass is 35.5. The predicted molar refractivity (Wildman–Crippen MR) is 108 cm³/mol. The van der Waals surface area contributed by atoms with Gasteiger partial charge in [0.25, 0.3) is 0 Å². The summed E-state index contributed by atoms with van der Waals surface area (Å²) in [5.41, 5.74) is 1.52. The topological polar surface area (TPSA) is 112 Å². The van der Waals surface area contributed by atoms with Gasteiger partial charge in [-0.2, -0.15) is 5.10 Å². The molecule has 2 N–H and O–H groups in total. The molecule has 1 aromatic heterocycles. The van der Waals surface area contributed by atoms with Crippen molar-refractivity contribution in [2.45, 2.75) is 26.8 Å². The van der Waals surface area contributed by atoms with Crippen LogP contribution < -0.4 is 10.6 Å². The molecule has 158 valence electrons. The van der Waals surface area contributed by atoms with Crippen LogP contribution in [0.2, 0.25) is 5.15 Å². The van der Waals surface area contributed by atoms with E-state index < -0.39 is 24.0 Å². The number of hydrogen-bond acceptors (Lipinski definition) is 6. The van der Waals surface area contributed by atoms with Gasteiger partial charge in [-0.05, 0) is 32.9 Å². The number of benzene rings is 1. The maximum atomic E-state index is 12.7. The quantitative estimate of drug-likeness (QED) is 0.678. The summed E-state index contributed by atoms with van der Waals surface area (Å²) >= 11 is 6.38. The summed E-state index contributed by atoms with van der Waals surface area (Å²) in [6.07, 6.45) is 0. The largest absolute Gasteiger partial charge is 0.463 e. The van der Waals surface area contributed by atoms with Gasteiger partial charge in [0, 0.05) is 0 Å². The molecule has 1 aromatic carbocycles. The maximum Gasteiger partial charge on any atom is 0.343 e. The Balaban J connectivity index is 1.84. The smallest absolute Gasteiger partial charge is 0.343 e. The van der Waals surface area contributed by atoms with Crippen LogP contribution in [0.15, 0.2) is 41.6 Å². The van der Waals surface area contributed by atoms with Crippen molar-refractivity contribution in [3.63, 3.8) is 0 Å². The maximum absolute atomic E-state index is 12.7. The summed E-state index contributed by atoms with van der Waals surface area (Å²) in [5, 5.41) is 9.48. The number of rotatable bonds is 6. The molecule has 3 rings (SSSR count). The number of nitrogens with one attached hydrogen (secondary N) is 2. The van der Waals surface area contributed by atoms with Gasteiger partial charge in [0.05, 0.1) is 35.3 Å². The number of nitrogens with zero attached hydrogens (tertiary/aromatic N) is 2. The molecule has 0 saturated carbocycles. The van der Waals surface area contributed by atoms with Crippen LogP contribution in [0, 0.1) is 6.92 Å². The summed E-state index contributed by atoms with van der Waals surface area (Å²) in [6, 6.07) is 8.00. The third-order valence-corrected chi connectivity index (χ3v) is 4.77. The molecule has 2 heterocycles. The van der Waals surface area contributed by atoms with Gasteiger partial charge in [0.15, 0.2) is 0 Å². The number of halogens is 1. The second-order valence-corrected chi connectivity index (χ2v) is 6.87. The van der Waals surface area contributed by atoms with E-state index in [1.807, 2.05) is 18.2 Å². The van der Waals surface area contributed by atoms with E-state index in [0.29, 0.717) is 11.4 Å². The fraction of sp³-hybridized carbons (Fsp3) is 0.300. The number of urea groups is 1. The van der Waals surface area contributed by atoms with Gasteiger partial charge in [0.2, 0.25) is 0 Å². The Morgan fingerprint density at radius 2 is 1.90 bits per heavy atom. The lowest BCUT2D eigenvalue weighted by molar-refractivity contribution is -0.139. The lowest BCUT2D eigenvalue weighted by Crippen LogP contribution is -2.50. The fourth-order valence-electron chi connectivity index (χ4n) is 3.07. The number of aryl methyl sites for hydroxylation is 1. The van der Waals surface area contributed by atoms with Gasteiger partial charge in [-0.15, -0.1) is 0 Å². The Hall–Kier alpha value is -3.33. The SMILES string of the molecule is CCOC(=O)C1=C(COC(=O)c2c(C)nn(-c3ccccc3)c2Cl)NC(=O)N[C@@H]1C. The van der Waals surface area contributed by atoms with Crippen molar-refractivity contribution in [1.82, 2.24) is 20.4 Å². The van der Waals surface area contributed by atoms with E-state index in [2.05, 4.69) is 15.7 Å². The molecule has 0 fully saturated rings. The lowest BCUT2D eigenvalue weighted by Gasteiger charge is -2.26. The van der Waals surface area contributed by atoms with Gasteiger partial charge in [0.1, 0.15) is 17.3 Å². The Kier molecular flexibility index (Phi) is 6.41. The number of para-hydroxylation sites is 1. The molecule has 30 heavy (non-hydrogen) atoms. The summed E-state index contributed by atoms with van der Waals surface area (Å²) in [6.45, 7) is 4.78. The van der Waals surface area contributed by atoms with Crippen molar-refractivity contribution in [3.8, 4) is 5.69 Å². The Bertz CT molecular complexity index is 1020. The van der Waals surface area contributed by atoms with Crippen LogP contribution in [0.4, 0.5) is 4.79 Å². The van der Waals surface area contributed by atoms with E-state index in [4.69, 9.17) is 21.1 Å². The van der Waals surface area contributed by atoms with E-state index in [9.17, 15) is 14.4 Å². The first-order chi connectivity index (χ1) is 14.3. The number of aromatic nitrogens is 2. The van der Waals surface area contributed by atoms with Crippen molar-refractivity contribution in [1.29, 1.82) is 0 Å². The first kappa shape index (κ1) is 21.4. The number of hydrogen-bond donors (Lipinski definition) is 2. The first-order valence-electron chi connectivity index (χ1n) is 9.28. The Morgan fingerprint density at radius 3 is 2.57 bits per heavy atom. The lowest BCUT2D eigenvalue weighted by atomic mass is 10.0. The third-order valence-electron chi connectivity index (χ3n) is 4.42. The second kappa shape index (κ2) is 9.00. The predicted octanol–water partition coefficient (Wildman–Crippen LogP) is 2.51. The monoisotopic (exact) mass is 432 g/mol. The minimum atomic E-state index is -0.726. The molecule has 0 aliphatic carbocycles. The van der Waals surface area contributed by atoms with Crippen LogP contribution in [-0.2, 0) is 14.3 Å². The molecule has 0 unspecified atom stereocenters. The van der Waals surface area contributed by atoms with Crippen LogP contribution in [-0.4, -0.2) is 47.0 Å². The van der Waals surface area contributed by atoms with Crippen molar-refractivity contribution in [2.24, 2.45) is 0 Å². The van der Waals surface area contributed by atoms with Crippen molar-refractivity contribution >= 4 is 29.6 Å². The molecule has 1 atom stereocenters. The van der Waals surface area contributed by atoms with Crippen LogP contribution in [0.25, 0.3) is 5.69 Å². The molecule has 1 aliphatic heterocycles. The molecule has 2 amide bonds. The molecule has 10 heteroatoms. The zero-order chi connectivity index (χ0) is 21.8. The fourth-order valence-corrected chi connectivity index (χ4v) is 3.42. The highest BCUT2D eigenvalue weighted by Crippen LogP contribution is 2.24. The average molecular weight is 433 g/mol. The highest BCUT2D eigenvalue weighted by molar-refractivity contribution is 6.33. The summed E-state index contributed by atoms with van der Waals surface area (Å²) in [5.74, 6) is -1.33. The van der Waals surface area contributed by atoms with Crippen LogP contribution in [0.3, 0.4) is 0 Å². The molecular formula is C20H21ClN4O5. The van der Waals surface area contributed by atoms with Crippen molar-refractivity contribution in [3.05, 3.63) is 58.0 Å². The zero-order valence-corrected chi connectivity index (χ0v) is 17.4. The van der Waals surface area contributed by atoms with E-state index in [-0.39, 0.29) is 35.2 Å². The molecule has 9 nitrogen and oxygen atoms in total. The van der Waals surface area contributed by atoms with Crippen LogP contribution in [0.1, 0.15) is 29.9 Å². The van der Waals surface area contributed by atoms with E-state index in [1.165, 1.54) is 4.68 Å². The standard InChI is InChI=1S/C20H21ClN4O5/c1-4-29-18(26)15-11(2)22-20(28)23-14(15)10-30-19(27)16-12(3)24-25(17(16)21)13-8-6-5-7-9-13/h5-9,11H,4,10H2,1-3H3,(H2,22,23,28)/t11-/m1/s1. The van der Waals surface area contributed by atoms with E-state index in [0.717, 1.165) is 0 Å². The van der Waals surface area contributed by atoms with Crippen molar-refractivity contribution < 1.29 is 23.9 Å². The highest BCUT2D eigenvalue weighted by Gasteiger charge is 2.31. The van der Waals surface area contributed by atoms with Gasteiger partial charge in [-0.25, -0.2) is 19.1 Å². The first-order valence-corrected chi connectivity index (χ1v) is 9.66. The molecule has 0 spiro atoms. The summed E-state index contributed by atoms with van der Waals surface area (Å²) in [7, 11) is 0. The van der Waals surface area contributed by atoms with Gasteiger partial charge < -0.3 is 20.1 Å². The van der Waals surface area contributed by atoms with Crippen LogP contribution >= 0.6 is 11.6 Å². The minimum Gasteiger partial charge on any atom is -0.463 e. The van der Waals surface area contributed by atoms with Crippen molar-refractivity contribution in [2.75, 3.05) is 13.2 Å². The Morgan fingerprint density at radius 1 is 1.20 bits per heavy atom. The molecule has 0 saturated heterocycles. The number of amides is 2. The normalized spacial score (nSPS) is 16.0. The average Bonchev–Trinajstić information content (AvgIpc) is 3.00. The molecule has 0 radical (unpaired) electrons. The number of carbonyl (C=O) groups is 3. The zero-order valence-electron chi connectivity index (χ0n) is 16.7. The van der Waals surface area contributed by atoms with E-state index >= 15 is 0 Å². The molecule has 0 bridgehead atoms. The Labute approximate surface area is 178 Å². The van der Waals surface area contributed by atoms with Gasteiger partial charge in [-0.1, -0.05) is 29.8 Å². The van der Waals surface area contributed by atoms with E-state index in [1.54, 1.807) is 32.9 Å². The van der Waals surface area contributed by atoms with Gasteiger partial charge in [-0.3, -0.25) is 0 Å². The third kappa shape index (κ3) is 4.30. The number of ether oxygens (including phenoxy) is 2. The van der Waals surface area contributed by atoms with Crippen LogP contribution in [0.5, 0.6) is 0 Å². The second-order valence-electron chi connectivity index (χ2n) is 6.51. The molecular weight excluding hydrogens is 412 g/mol. The van der Waals surface area contributed by atoms with Gasteiger partial charge >= 0.3 is 18.0 Å². The minimum absolute atomic E-state index is 0.103. The summed E-state index contributed by atoms with van der Waals surface area (Å²) < 4.78 is 11.8.